The van der Waals surface area contributed by atoms with Gasteiger partial charge in [-0.2, -0.15) is 0 Å². The molecule has 0 spiro atoms. The zero-order valence-corrected chi connectivity index (χ0v) is 22.4. The average molecular weight is 591 g/mol. The molecule has 1 aromatic heterocycles. The van der Waals surface area contributed by atoms with E-state index in [0.29, 0.717) is 5.02 Å². The highest BCUT2D eigenvalue weighted by atomic mass is 35.5. The van der Waals surface area contributed by atoms with E-state index >= 15 is 0 Å². The number of nitrogens with one attached hydrogen (secondary N) is 1. The molecular weight excluding hydrogens is 568 g/mol. The van der Waals surface area contributed by atoms with Gasteiger partial charge in [-0.15, -0.1) is 0 Å². The molecule has 0 bridgehead atoms. The average Bonchev–Trinajstić information content (AvgIpc) is 3.28. The van der Waals surface area contributed by atoms with Crippen LogP contribution in [0.2, 0.25) is 10.0 Å². The fourth-order valence-electron chi connectivity index (χ4n) is 5.04. The first-order chi connectivity index (χ1) is 19.0. The van der Waals surface area contributed by atoms with Crippen molar-refractivity contribution >= 4 is 52.4 Å². The van der Waals surface area contributed by atoms with Gasteiger partial charge in [0.2, 0.25) is 11.8 Å². The lowest BCUT2D eigenvalue weighted by molar-refractivity contribution is -0.133. The topological polar surface area (TPSA) is 82.6 Å². The molecule has 1 aliphatic carbocycles. The van der Waals surface area contributed by atoms with Gasteiger partial charge < -0.3 is 5.32 Å². The fourth-order valence-corrected chi connectivity index (χ4v) is 5.39. The molecule has 2 atom stereocenters. The van der Waals surface area contributed by atoms with Crippen LogP contribution in [0, 0.1) is 5.82 Å². The molecule has 1 aliphatic heterocycles. The molecule has 1 saturated heterocycles. The van der Waals surface area contributed by atoms with Crippen molar-refractivity contribution in [1.82, 2.24) is 10.3 Å². The summed E-state index contributed by atoms with van der Waals surface area (Å²) in [5, 5.41) is 3.06. The fraction of sp³-hybridized carbons (Fsp3) is 0.286. The molecule has 1 N–H and O–H groups in total. The summed E-state index contributed by atoms with van der Waals surface area (Å²) in [6.07, 6.45) is 0.365. The zero-order valence-electron chi connectivity index (χ0n) is 20.9. The summed E-state index contributed by atoms with van der Waals surface area (Å²) in [7, 11) is 0. The Labute approximate surface area is 237 Å². The number of rotatable bonds is 7. The molecule has 5 rings (SSSR count). The highest BCUT2D eigenvalue weighted by Gasteiger charge is 2.48. The van der Waals surface area contributed by atoms with Gasteiger partial charge >= 0.3 is 0 Å². The Kier molecular flexibility index (Phi) is 7.74. The highest BCUT2D eigenvalue weighted by molar-refractivity contribution is 6.32. The SMILES string of the molecule is O=C(NC1CC(F)(F)C1)C(c1ccccc1Cl)N(C(=O)C1CCC(=O)N1c1ccc(Cl)cn1)c1cccc(F)c1. The number of carbonyl (C=O) groups is 3. The number of alkyl halides is 2. The lowest BCUT2D eigenvalue weighted by Gasteiger charge is -2.39. The maximum Gasteiger partial charge on any atom is 0.252 e. The van der Waals surface area contributed by atoms with E-state index in [1.807, 2.05) is 0 Å². The van der Waals surface area contributed by atoms with Crippen molar-refractivity contribution in [2.24, 2.45) is 0 Å². The van der Waals surface area contributed by atoms with Crippen molar-refractivity contribution in [3.8, 4) is 0 Å². The van der Waals surface area contributed by atoms with Crippen LogP contribution in [0.15, 0.2) is 66.9 Å². The molecule has 1 saturated carbocycles. The molecule has 3 amide bonds. The Morgan fingerprint density at radius 2 is 1.82 bits per heavy atom. The molecule has 12 heteroatoms. The monoisotopic (exact) mass is 590 g/mol. The summed E-state index contributed by atoms with van der Waals surface area (Å²) in [4.78, 5) is 47.5. The first-order valence-electron chi connectivity index (χ1n) is 12.5. The van der Waals surface area contributed by atoms with Crippen LogP contribution in [0.3, 0.4) is 0 Å². The largest absolute Gasteiger partial charge is 0.351 e. The van der Waals surface area contributed by atoms with Gasteiger partial charge in [-0.1, -0.05) is 47.5 Å². The van der Waals surface area contributed by atoms with Crippen LogP contribution >= 0.6 is 23.2 Å². The van der Waals surface area contributed by atoms with E-state index < -0.39 is 54.5 Å². The van der Waals surface area contributed by atoms with E-state index in [0.717, 1.165) is 11.0 Å². The molecule has 40 heavy (non-hydrogen) atoms. The van der Waals surface area contributed by atoms with E-state index in [1.165, 1.54) is 53.6 Å². The van der Waals surface area contributed by atoms with Crippen LogP contribution in [0.25, 0.3) is 0 Å². The van der Waals surface area contributed by atoms with Crippen LogP contribution in [0.5, 0.6) is 0 Å². The Hall–Kier alpha value is -3.63. The third-order valence-corrected chi connectivity index (χ3v) is 7.49. The maximum atomic E-state index is 14.5. The molecule has 2 unspecified atom stereocenters. The Bertz CT molecular complexity index is 1450. The first kappa shape index (κ1) is 27.9. The van der Waals surface area contributed by atoms with Crippen molar-refractivity contribution in [3.05, 3.63) is 88.3 Å². The van der Waals surface area contributed by atoms with Crippen LogP contribution in [0.1, 0.15) is 37.3 Å². The molecule has 3 aromatic rings. The smallest absolute Gasteiger partial charge is 0.252 e. The van der Waals surface area contributed by atoms with Crippen molar-refractivity contribution in [2.45, 2.75) is 49.7 Å². The number of pyridine rings is 1. The number of aromatic nitrogens is 1. The number of halogens is 5. The van der Waals surface area contributed by atoms with Crippen molar-refractivity contribution < 1.29 is 27.6 Å². The lowest BCUT2D eigenvalue weighted by Crippen LogP contribution is -2.56. The van der Waals surface area contributed by atoms with Gasteiger partial charge in [0.1, 0.15) is 23.7 Å². The van der Waals surface area contributed by atoms with Gasteiger partial charge in [-0.3, -0.25) is 24.2 Å². The third kappa shape index (κ3) is 5.64. The molecular formula is C28H23Cl2F3N4O3. The van der Waals surface area contributed by atoms with Crippen LogP contribution < -0.4 is 15.1 Å². The Balaban J connectivity index is 1.60. The van der Waals surface area contributed by atoms with E-state index in [-0.39, 0.29) is 40.8 Å². The molecule has 208 valence electrons. The minimum atomic E-state index is -2.90. The van der Waals surface area contributed by atoms with Gasteiger partial charge in [0.15, 0.2) is 0 Å². The molecule has 0 radical (unpaired) electrons. The third-order valence-electron chi connectivity index (χ3n) is 6.92. The number of amides is 3. The first-order valence-corrected chi connectivity index (χ1v) is 13.2. The second kappa shape index (κ2) is 11.1. The maximum absolute atomic E-state index is 14.5. The number of nitrogens with zero attached hydrogens (tertiary/aromatic N) is 3. The number of carbonyl (C=O) groups excluding carboxylic acids is 3. The standard InChI is InChI=1S/C28H23Cl2F3N4O3/c29-16-8-10-23(34-15-16)37-22(9-11-24(37)38)27(40)36(19-5-3-4-17(31)12-19)25(20-6-1-2-7-21(20)30)26(39)35-18-13-28(32,33)14-18/h1-8,10,12,15,18,22,25H,9,11,13-14H2,(H,35,39). The van der Waals surface area contributed by atoms with Crippen molar-refractivity contribution in [2.75, 3.05) is 9.80 Å². The lowest BCUT2D eigenvalue weighted by atomic mass is 9.87. The van der Waals surface area contributed by atoms with Crippen LogP contribution in [-0.2, 0) is 14.4 Å². The summed E-state index contributed by atoms with van der Waals surface area (Å²) >= 11 is 12.4. The predicted molar refractivity (Wildman–Crippen MR) is 144 cm³/mol. The van der Waals surface area contributed by atoms with Gasteiger partial charge in [0.05, 0.1) is 5.02 Å². The Morgan fingerprint density at radius 3 is 2.48 bits per heavy atom. The number of hydrogen-bond acceptors (Lipinski definition) is 4. The summed E-state index contributed by atoms with van der Waals surface area (Å²) in [5.74, 6) is -5.24. The van der Waals surface area contributed by atoms with Crippen molar-refractivity contribution in [3.63, 3.8) is 0 Å². The second-order valence-corrected chi connectivity index (χ2v) is 10.6. The quantitative estimate of drug-likeness (QED) is 0.382. The summed E-state index contributed by atoms with van der Waals surface area (Å²) in [6.45, 7) is 0. The molecule has 2 aliphatic rings. The molecule has 2 heterocycles. The van der Waals surface area contributed by atoms with Gasteiger partial charge in [0.25, 0.3) is 11.8 Å². The van der Waals surface area contributed by atoms with E-state index in [4.69, 9.17) is 23.2 Å². The summed E-state index contributed by atoms with van der Waals surface area (Å²) in [6, 6.07) is 11.0. The van der Waals surface area contributed by atoms with E-state index in [9.17, 15) is 27.6 Å². The predicted octanol–water partition coefficient (Wildman–Crippen LogP) is 5.71. The molecule has 2 fully saturated rings. The molecule has 2 aromatic carbocycles. The minimum absolute atomic E-state index is 0.0207. The number of benzene rings is 2. The van der Waals surface area contributed by atoms with Crippen LogP contribution in [0.4, 0.5) is 24.7 Å². The van der Waals surface area contributed by atoms with Gasteiger partial charge in [0, 0.05) is 47.8 Å². The zero-order chi connectivity index (χ0) is 28.6. The number of hydrogen-bond donors (Lipinski definition) is 1. The van der Waals surface area contributed by atoms with E-state index in [2.05, 4.69) is 10.3 Å². The van der Waals surface area contributed by atoms with Crippen LogP contribution in [-0.4, -0.2) is 40.7 Å². The van der Waals surface area contributed by atoms with E-state index in [1.54, 1.807) is 12.1 Å². The number of anilines is 2. The van der Waals surface area contributed by atoms with Gasteiger partial charge in [-0.05, 0) is 42.8 Å². The van der Waals surface area contributed by atoms with Gasteiger partial charge in [-0.25, -0.2) is 18.2 Å². The summed E-state index contributed by atoms with van der Waals surface area (Å²) < 4.78 is 41.6. The second-order valence-electron chi connectivity index (χ2n) is 9.73. The Morgan fingerprint density at radius 1 is 1.07 bits per heavy atom. The normalized spacial score (nSPS) is 19.2. The summed E-state index contributed by atoms with van der Waals surface area (Å²) in [5.41, 5.74) is 0.221. The highest BCUT2D eigenvalue weighted by Crippen LogP contribution is 2.39. The molecule has 7 nitrogen and oxygen atoms in total. The minimum Gasteiger partial charge on any atom is -0.351 e. The van der Waals surface area contributed by atoms with Crippen molar-refractivity contribution in [1.29, 1.82) is 0 Å².